The summed E-state index contributed by atoms with van der Waals surface area (Å²) < 4.78 is 3.59. The van der Waals surface area contributed by atoms with Crippen LogP contribution in [0.4, 0.5) is 10.5 Å². The van der Waals surface area contributed by atoms with Crippen LogP contribution in [0.1, 0.15) is 25.7 Å². The van der Waals surface area contributed by atoms with Crippen molar-refractivity contribution in [2.24, 2.45) is 0 Å². The van der Waals surface area contributed by atoms with Crippen molar-refractivity contribution in [1.82, 2.24) is 29.4 Å². The number of aryl methyl sites for hydroxylation is 1. The minimum atomic E-state index is -0.0455. The van der Waals surface area contributed by atoms with Gasteiger partial charge in [-0.05, 0) is 49.9 Å². The average Bonchev–Trinajstić information content (AvgIpc) is 3.41. The third kappa shape index (κ3) is 4.16. The average molecular weight is 365 g/mol. The molecule has 1 atom stereocenters. The summed E-state index contributed by atoms with van der Waals surface area (Å²) in [6.45, 7) is 1.61. The third-order valence-electron chi connectivity index (χ3n) is 4.92. The molecule has 1 N–H and O–H groups in total. The summed E-state index contributed by atoms with van der Waals surface area (Å²) in [4.78, 5) is 18.8. The molecular weight excluding hydrogens is 342 g/mol. The summed E-state index contributed by atoms with van der Waals surface area (Å²) in [5.41, 5.74) is 1.61. The molecule has 0 bridgehead atoms. The van der Waals surface area contributed by atoms with Gasteiger partial charge in [-0.2, -0.15) is 10.2 Å². The molecule has 4 rings (SSSR count). The summed E-state index contributed by atoms with van der Waals surface area (Å²) in [5, 5.41) is 11.4. The number of likely N-dealkylation sites (tertiary alicyclic amines) is 1. The zero-order chi connectivity index (χ0) is 18.5. The van der Waals surface area contributed by atoms with Crippen LogP contribution in [0.5, 0.6) is 0 Å². The van der Waals surface area contributed by atoms with E-state index < -0.39 is 0 Å². The van der Waals surface area contributed by atoms with Crippen molar-refractivity contribution in [3.63, 3.8) is 0 Å². The van der Waals surface area contributed by atoms with E-state index in [-0.39, 0.29) is 12.1 Å². The fourth-order valence-electron chi connectivity index (χ4n) is 3.55. The largest absolute Gasteiger partial charge is 0.322 e. The molecular formula is C19H23N7O. The maximum Gasteiger partial charge on any atom is 0.322 e. The Hall–Kier alpha value is -3.16. The van der Waals surface area contributed by atoms with Crippen LogP contribution in [0.15, 0.2) is 55.4 Å². The van der Waals surface area contributed by atoms with E-state index in [0.717, 1.165) is 50.1 Å². The Labute approximate surface area is 157 Å². The standard InChI is InChI=1S/C19H23N7O/c27-19(23-16-5-3-7-18(13-16)26-15-20-14-22-26)25-11-2-1-6-17(25)8-12-24-10-4-9-21-24/h3-5,7,9-10,13-15,17H,1-2,6,8,11-12H2,(H,23,27)/t17-/m1/s1. The highest BCUT2D eigenvalue weighted by Crippen LogP contribution is 2.22. The minimum absolute atomic E-state index is 0.0455. The molecule has 0 radical (unpaired) electrons. The molecule has 8 heteroatoms. The van der Waals surface area contributed by atoms with Crippen molar-refractivity contribution in [3.8, 4) is 5.69 Å². The van der Waals surface area contributed by atoms with Gasteiger partial charge < -0.3 is 10.2 Å². The number of carbonyl (C=O) groups excluding carboxylic acids is 1. The Morgan fingerprint density at radius 1 is 1.22 bits per heavy atom. The lowest BCUT2D eigenvalue weighted by Gasteiger charge is -2.35. The Morgan fingerprint density at radius 2 is 2.19 bits per heavy atom. The number of rotatable bonds is 5. The van der Waals surface area contributed by atoms with Crippen LogP contribution < -0.4 is 5.32 Å². The van der Waals surface area contributed by atoms with Gasteiger partial charge in [0.15, 0.2) is 0 Å². The Kier molecular flexibility index (Phi) is 5.13. The van der Waals surface area contributed by atoms with E-state index in [1.54, 1.807) is 17.2 Å². The molecule has 2 aromatic heterocycles. The van der Waals surface area contributed by atoms with E-state index in [2.05, 4.69) is 20.5 Å². The summed E-state index contributed by atoms with van der Waals surface area (Å²) in [7, 11) is 0. The lowest BCUT2D eigenvalue weighted by molar-refractivity contribution is 0.154. The predicted molar refractivity (Wildman–Crippen MR) is 102 cm³/mol. The van der Waals surface area contributed by atoms with E-state index in [4.69, 9.17) is 0 Å². The van der Waals surface area contributed by atoms with Crippen LogP contribution in [0.25, 0.3) is 5.69 Å². The quantitative estimate of drug-likeness (QED) is 0.754. The van der Waals surface area contributed by atoms with Crippen LogP contribution in [-0.2, 0) is 6.54 Å². The number of nitrogens with zero attached hydrogens (tertiary/aromatic N) is 6. The summed E-state index contributed by atoms with van der Waals surface area (Å²) in [5.74, 6) is 0. The first-order chi connectivity index (χ1) is 13.3. The first-order valence-corrected chi connectivity index (χ1v) is 9.30. The highest BCUT2D eigenvalue weighted by atomic mass is 16.2. The van der Waals surface area contributed by atoms with Crippen LogP contribution in [0.2, 0.25) is 0 Å². The lowest BCUT2D eigenvalue weighted by Crippen LogP contribution is -2.46. The van der Waals surface area contributed by atoms with Crippen molar-refractivity contribution in [1.29, 1.82) is 0 Å². The molecule has 0 saturated carbocycles. The van der Waals surface area contributed by atoms with Gasteiger partial charge in [-0.15, -0.1) is 0 Å². The van der Waals surface area contributed by atoms with Gasteiger partial charge in [0, 0.05) is 37.2 Å². The maximum atomic E-state index is 12.9. The molecule has 1 fully saturated rings. The molecule has 1 aliphatic rings. The Balaban J connectivity index is 1.42. The number of urea groups is 1. The second-order valence-corrected chi connectivity index (χ2v) is 6.72. The van der Waals surface area contributed by atoms with Gasteiger partial charge in [0.2, 0.25) is 0 Å². The second kappa shape index (κ2) is 8.03. The Bertz CT molecular complexity index is 860. The van der Waals surface area contributed by atoms with Gasteiger partial charge in [-0.1, -0.05) is 6.07 Å². The van der Waals surface area contributed by atoms with E-state index in [0.29, 0.717) is 0 Å². The fraction of sp³-hybridized carbons (Fsp3) is 0.368. The number of hydrogen-bond donors (Lipinski definition) is 1. The van der Waals surface area contributed by atoms with Crippen molar-refractivity contribution in [3.05, 3.63) is 55.4 Å². The van der Waals surface area contributed by atoms with Gasteiger partial charge in [0.05, 0.1) is 5.69 Å². The SMILES string of the molecule is O=C(Nc1cccc(-n2cncn2)c1)N1CCCC[C@@H]1CCn1cccn1. The molecule has 0 aliphatic carbocycles. The molecule has 3 heterocycles. The predicted octanol–water partition coefficient (Wildman–Crippen LogP) is 2.94. The first-order valence-electron chi connectivity index (χ1n) is 9.30. The topological polar surface area (TPSA) is 80.9 Å². The second-order valence-electron chi connectivity index (χ2n) is 6.72. The number of hydrogen-bond acceptors (Lipinski definition) is 4. The summed E-state index contributed by atoms with van der Waals surface area (Å²) >= 11 is 0. The summed E-state index contributed by atoms with van der Waals surface area (Å²) in [6.07, 6.45) is 11.0. The zero-order valence-corrected chi connectivity index (χ0v) is 15.1. The molecule has 0 spiro atoms. The van der Waals surface area contributed by atoms with E-state index in [1.165, 1.54) is 6.33 Å². The fourth-order valence-corrected chi connectivity index (χ4v) is 3.55. The van der Waals surface area contributed by atoms with Crippen LogP contribution in [0, 0.1) is 0 Å². The van der Waals surface area contributed by atoms with Crippen molar-refractivity contribution >= 4 is 11.7 Å². The summed E-state index contributed by atoms with van der Waals surface area (Å²) in [6, 6.07) is 9.73. The van der Waals surface area contributed by atoms with Crippen LogP contribution in [-0.4, -0.2) is 48.1 Å². The number of anilines is 1. The van der Waals surface area contributed by atoms with E-state index in [9.17, 15) is 4.79 Å². The number of benzene rings is 1. The van der Waals surface area contributed by atoms with Gasteiger partial charge in [0.25, 0.3) is 0 Å². The maximum absolute atomic E-state index is 12.9. The van der Waals surface area contributed by atoms with Gasteiger partial charge in [-0.25, -0.2) is 14.5 Å². The van der Waals surface area contributed by atoms with Gasteiger partial charge >= 0.3 is 6.03 Å². The highest BCUT2D eigenvalue weighted by Gasteiger charge is 2.26. The number of carbonyl (C=O) groups is 1. The van der Waals surface area contributed by atoms with Crippen molar-refractivity contribution < 1.29 is 4.79 Å². The number of amides is 2. The normalized spacial score (nSPS) is 17.0. The molecule has 140 valence electrons. The zero-order valence-electron chi connectivity index (χ0n) is 15.1. The van der Waals surface area contributed by atoms with E-state index >= 15 is 0 Å². The van der Waals surface area contributed by atoms with E-state index in [1.807, 2.05) is 46.1 Å². The highest BCUT2D eigenvalue weighted by molar-refractivity contribution is 5.89. The number of aromatic nitrogens is 5. The van der Waals surface area contributed by atoms with Gasteiger partial charge in [-0.3, -0.25) is 4.68 Å². The van der Waals surface area contributed by atoms with Crippen molar-refractivity contribution in [2.75, 3.05) is 11.9 Å². The molecule has 8 nitrogen and oxygen atoms in total. The Morgan fingerprint density at radius 3 is 3.00 bits per heavy atom. The minimum Gasteiger partial charge on any atom is -0.321 e. The van der Waals surface area contributed by atoms with Crippen LogP contribution >= 0.6 is 0 Å². The molecule has 1 aromatic carbocycles. The number of nitrogens with one attached hydrogen (secondary N) is 1. The molecule has 3 aromatic rings. The third-order valence-corrected chi connectivity index (χ3v) is 4.92. The smallest absolute Gasteiger partial charge is 0.321 e. The van der Waals surface area contributed by atoms with Crippen LogP contribution in [0.3, 0.4) is 0 Å². The molecule has 27 heavy (non-hydrogen) atoms. The number of piperidine rings is 1. The first kappa shape index (κ1) is 17.3. The molecule has 0 unspecified atom stereocenters. The van der Waals surface area contributed by atoms with Gasteiger partial charge in [0.1, 0.15) is 12.7 Å². The lowest BCUT2D eigenvalue weighted by atomic mass is 10.00. The molecule has 1 saturated heterocycles. The van der Waals surface area contributed by atoms with Crippen molar-refractivity contribution in [2.45, 2.75) is 38.3 Å². The molecule has 1 aliphatic heterocycles. The molecule has 2 amide bonds. The monoisotopic (exact) mass is 365 g/mol.